The van der Waals surface area contributed by atoms with E-state index in [1.54, 1.807) is 0 Å². The van der Waals surface area contributed by atoms with Gasteiger partial charge in [-0.1, -0.05) is 38.0 Å². The molecule has 0 bridgehead atoms. The van der Waals surface area contributed by atoms with E-state index >= 15 is 0 Å². The lowest BCUT2D eigenvalue weighted by atomic mass is 9.98. The largest absolute Gasteiger partial charge is 0.195 e. The summed E-state index contributed by atoms with van der Waals surface area (Å²) in [6, 6.07) is 30.8. The van der Waals surface area contributed by atoms with Gasteiger partial charge in [0.1, 0.15) is 0 Å². The van der Waals surface area contributed by atoms with Crippen molar-refractivity contribution in [1.82, 2.24) is 0 Å². The molecule has 1 aliphatic carbocycles. The van der Waals surface area contributed by atoms with E-state index in [9.17, 15) is 0 Å². The summed E-state index contributed by atoms with van der Waals surface area (Å²) in [6.45, 7) is 2.26. The van der Waals surface area contributed by atoms with Crippen LogP contribution < -0.4 is 0 Å². The maximum absolute atomic E-state index is 5.11. The molecule has 1 fully saturated rings. The zero-order chi connectivity index (χ0) is 31.5. The van der Waals surface area contributed by atoms with Crippen LogP contribution in [0.3, 0.4) is 0 Å². The van der Waals surface area contributed by atoms with Crippen LogP contribution in [0.5, 0.6) is 0 Å². The second kappa shape index (κ2) is 14.3. The van der Waals surface area contributed by atoms with Crippen molar-refractivity contribution in [1.29, 1.82) is 0 Å². The lowest BCUT2D eigenvalue weighted by Crippen LogP contribution is -1.83. The van der Waals surface area contributed by atoms with Crippen LogP contribution in [0.25, 0.3) is 51.5 Å². The van der Waals surface area contributed by atoms with Crippen molar-refractivity contribution in [3.8, 4) is 51.5 Å². The Morgan fingerprint density at radius 1 is 0.652 bits per heavy atom. The highest BCUT2D eigenvalue weighted by Gasteiger charge is 2.25. The fourth-order valence-electron chi connectivity index (χ4n) is 5.61. The zero-order valence-electron chi connectivity index (χ0n) is 25.2. The molecule has 0 atom stereocenters. The molecular weight excluding hydrogens is 677 g/mol. The smallest absolute Gasteiger partial charge is 0.0818 e. The highest BCUT2D eigenvalue weighted by atomic mass is 32.1. The quantitative estimate of drug-likeness (QED) is 0.0719. The summed E-state index contributed by atoms with van der Waals surface area (Å²) < 4.78 is 0. The molecule has 2 nitrogen and oxygen atoms in total. The van der Waals surface area contributed by atoms with E-state index in [2.05, 4.69) is 100 Å². The van der Waals surface area contributed by atoms with Gasteiger partial charge in [0, 0.05) is 50.1 Å². The van der Waals surface area contributed by atoms with Gasteiger partial charge in [-0.3, -0.25) is 0 Å². The molecule has 7 rings (SSSR count). The molecule has 0 amide bonds. The third-order valence-corrected chi connectivity index (χ3v) is 13.4. The van der Waals surface area contributed by atoms with E-state index in [0.717, 1.165) is 40.4 Å². The summed E-state index contributed by atoms with van der Waals surface area (Å²) >= 11 is 17.5. The number of benzene rings is 2. The van der Waals surface area contributed by atoms with Gasteiger partial charge in [-0.05, 0) is 134 Å². The van der Waals surface area contributed by atoms with Crippen molar-refractivity contribution in [2.45, 2.75) is 51.4 Å². The number of isothiocyanates is 2. The van der Waals surface area contributed by atoms with Crippen LogP contribution in [0.15, 0.2) is 94.9 Å². The molecule has 1 aliphatic rings. The summed E-state index contributed by atoms with van der Waals surface area (Å²) in [6.07, 6.45) is 7.54. The van der Waals surface area contributed by atoms with Gasteiger partial charge in [-0.2, -0.15) is 9.98 Å². The van der Waals surface area contributed by atoms with Crippen LogP contribution in [0, 0.1) is 0 Å². The molecule has 0 N–H and O–H groups in total. The molecule has 4 aromatic heterocycles. The first-order valence-corrected chi connectivity index (χ1v) is 19.6. The highest BCUT2D eigenvalue weighted by Crippen LogP contribution is 2.50. The van der Waals surface area contributed by atoms with Crippen molar-refractivity contribution in [2.24, 2.45) is 9.98 Å². The van der Waals surface area contributed by atoms with Gasteiger partial charge in [0.15, 0.2) is 0 Å². The highest BCUT2D eigenvalue weighted by molar-refractivity contribution is 7.78. The minimum Gasteiger partial charge on any atom is -0.195 e. The van der Waals surface area contributed by atoms with Gasteiger partial charge >= 0.3 is 0 Å². The fraction of sp³-hybridized carbons (Fsp3) is 0.211. The molecule has 6 aromatic rings. The van der Waals surface area contributed by atoms with E-state index in [-0.39, 0.29) is 0 Å². The first-order valence-electron chi connectivity index (χ1n) is 15.5. The Kier molecular flexibility index (Phi) is 9.78. The zero-order valence-corrected chi connectivity index (χ0v) is 30.1. The van der Waals surface area contributed by atoms with Crippen LogP contribution in [0.4, 0.5) is 11.4 Å². The maximum Gasteiger partial charge on any atom is 0.0818 e. The Morgan fingerprint density at radius 3 is 2.15 bits per heavy atom. The first-order chi connectivity index (χ1) is 22.6. The van der Waals surface area contributed by atoms with Gasteiger partial charge in [0.2, 0.25) is 0 Å². The third kappa shape index (κ3) is 6.91. The number of hydrogen-bond donors (Lipinski definition) is 0. The normalized spacial score (nSPS) is 12.5. The Balaban J connectivity index is 1.31. The van der Waals surface area contributed by atoms with E-state index in [1.165, 1.54) is 76.7 Å². The number of nitrogens with zero attached hydrogens (tertiary/aromatic N) is 2. The molecule has 0 saturated heterocycles. The van der Waals surface area contributed by atoms with Gasteiger partial charge in [-0.25, -0.2) is 0 Å². The molecule has 4 heterocycles. The van der Waals surface area contributed by atoms with Gasteiger partial charge in [0.25, 0.3) is 0 Å². The van der Waals surface area contributed by atoms with Crippen molar-refractivity contribution >= 4 is 91.5 Å². The third-order valence-electron chi connectivity index (χ3n) is 8.16. The number of hydrogen-bond acceptors (Lipinski definition) is 8. The number of aryl methyl sites for hydroxylation is 1. The van der Waals surface area contributed by atoms with E-state index in [1.807, 2.05) is 57.5 Å². The molecule has 2 aromatic carbocycles. The van der Waals surface area contributed by atoms with Crippen LogP contribution in [0.1, 0.15) is 54.7 Å². The molecule has 228 valence electrons. The van der Waals surface area contributed by atoms with Gasteiger partial charge < -0.3 is 0 Å². The Bertz CT molecular complexity index is 2090. The van der Waals surface area contributed by atoms with Gasteiger partial charge in [0.05, 0.1) is 21.7 Å². The second-order valence-electron chi connectivity index (χ2n) is 11.4. The Labute approximate surface area is 296 Å². The number of thiocarbonyl (C=S) groups is 2. The predicted molar refractivity (Wildman–Crippen MR) is 210 cm³/mol. The summed E-state index contributed by atoms with van der Waals surface area (Å²) in [4.78, 5) is 19.3. The lowest BCUT2D eigenvalue weighted by molar-refractivity contribution is 0.722. The van der Waals surface area contributed by atoms with Crippen LogP contribution >= 0.6 is 69.8 Å². The molecule has 0 spiro atoms. The molecule has 0 unspecified atom stereocenters. The average Bonchev–Trinajstić information content (AvgIpc) is 3.51. The summed E-state index contributed by atoms with van der Waals surface area (Å²) in [7, 11) is 0. The number of unbranched alkanes of at least 4 members (excludes halogenated alkanes) is 2. The first kappa shape index (κ1) is 31.4. The van der Waals surface area contributed by atoms with E-state index in [4.69, 9.17) is 24.4 Å². The SMILES string of the molecule is CCCCCc1ccc(-c2cc(-c3cc(-c4ccc(-c5ccc(C6CC6)s5)s4)ccc3N=C=S)c(-c3ccc(N=C=S)cc3)s2)s1. The predicted octanol–water partition coefficient (Wildman–Crippen LogP) is 14.3. The minimum atomic E-state index is 0.783. The molecule has 46 heavy (non-hydrogen) atoms. The van der Waals surface area contributed by atoms with E-state index < -0.39 is 0 Å². The monoisotopic (exact) mass is 706 g/mol. The van der Waals surface area contributed by atoms with Crippen molar-refractivity contribution in [3.63, 3.8) is 0 Å². The van der Waals surface area contributed by atoms with Crippen LogP contribution in [-0.4, -0.2) is 10.3 Å². The van der Waals surface area contributed by atoms with Crippen molar-refractivity contribution < 1.29 is 0 Å². The molecule has 0 radical (unpaired) electrons. The summed E-state index contributed by atoms with van der Waals surface area (Å²) in [5, 5.41) is 5.11. The molecule has 0 aliphatic heterocycles. The minimum absolute atomic E-state index is 0.783. The topological polar surface area (TPSA) is 24.7 Å². The molecule has 1 saturated carbocycles. The number of rotatable bonds is 12. The van der Waals surface area contributed by atoms with Crippen molar-refractivity contribution in [2.75, 3.05) is 0 Å². The molecule has 8 heteroatoms. The average molecular weight is 707 g/mol. The van der Waals surface area contributed by atoms with E-state index in [0.29, 0.717) is 0 Å². The second-order valence-corrected chi connectivity index (χ2v) is 16.2. The lowest BCUT2D eigenvalue weighted by Gasteiger charge is -2.10. The Morgan fingerprint density at radius 2 is 1.37 bits per heavy atom. The Hall–Kier alpha value is -3.16. The standard InChI is InChI=1S/C38H30N2S6/c1-2-3-4-5-28-13-15-36(43-28)37-21-30(38(46-37)25-8-11-27(12-9-25)39-22-41)29-20-26(10-14-31(29)40-23-42)33-17-19-35(45-33)34-18-16-32(44-34)24-6-7-24/h8-21,24H,2-7H2,1H3. The summed E-state index contributed by atoms with van der Waals surface area (Å²) in [5.74, 6) is 0.783. The van der Waals surface area contributed by atoms with Crippen LogP contribution in [-0.2, 0) is 6.42 Å². The molecular formula is C38H30N2S6. The number of aliphatic imine (C=N–C) groups is 2. The fourth-order valence-corrected chi connectivity index (χ4v) is 10.4. The van der Waals surface area contributed by atoms with Gasteiger partial charge in [-0.15, -0.1) is 45.3 Å². The number of thiophene rings is 4. The van der Waals surface area contributed by atoms with Crippen molar-refractivity contribution in [3.05, 3.63) is 94.7 Å². The summed E-state index contributed by atoms with van der Waals surface area (Å²) in [5.41, 5.74) is 6.11. The van der Waals surface area contributed by atoms with Crippen LogP contribution in [0.2, 0.25) is 0 Å². The maximum atomic E-state index is 5.11.